The number of anilines is 1. The van der Waals surface area contributed by atoms with Crippen LogP contribution < -0.4 is 10.6 Å². The number of amides is 3. The summed E-state index contributed by atoms with van der Waals surface area (Å²) in [5.41, 5.74) is 0.619. The van der Waals surface area contributed by atoms with E-state index in [1.165, 1.54) is 0 Å². The van der Waals surface area contributed by atoms with Gasteiger partial charge in [0.1, 0.15) is 6.04 Å². The lowest BCUT2D eigenvalue weighted by atomic mass is 10.0. The van der Waals surface area contributed by atoms with Crippen molar-refractivity contribution in [3.63, 3.8) is 0 Å². The molecule has 0 aliphatic carbocycles. The molecule has 6 nitrogen and oxygen atoms in total. The van der Waals surface area contributed by atoms with Crippen LogP contribution >= 0.6 is 11.6 Å². The van der Waals surface area contributed by atoms with Crippen LogP contribution in [0.4, 0.5) is 10.5 Å². The molecule has 2 rings (SSSR count). The molecular formula is C16H22ClN3O3. The fourth-order valence-electron chi connectivity index (χ4n) is 2.34. The minimum absolute atomic E-state index is 0.0127. The highest BCUT2D eigenvalue weighted by Gasteiger charge is 2.29. The summed E-state index contributed by atoms with van der Waals surface area (Å²) in [5, 5.41) is 6.07. The van der Waals surface area contributed by atoms with Crippen molar-refractivity contribution < 1.29 is 14.3 Å². The van der Waals surface area contributed by atoms with Gasteiger partial charge in [0.25, 0.3) is 0 Å². The molecule has 0 radical (unpaired) electrons. The molecule has 0 unspecified atom stereocenters. The smallest absolute Gasteiger partial charge is 0.319 e. The van der Waals surface area contributed by atoms with Crippen molar-refractivity contribution in [3.8, 4) is 0 Å². The number of nitrogens with zero attached hydrogens (tertiary/aromatic N) is 1. The lowest BCUT2D eigenvalue weighted by Gasteiger charge is -2.32. The normalized spacial score (nSPS) is 16.1. The maximum absolute atomic E-state index is 12.6. The Balaban J connectivity index is 1.96. The SMILES string of the molecule is CC(C)[C@@H](NC(=O)Nc1ccc(Cl)cc1)C(=O)N1CCOCC1. The lowest BCUT2D eigenvalue weighted by molar-refractivity contribution is -0.138. The molecule has 1 fully saturated rings. The number of carbonyl (C=O) groups is 2. The van der Waals surface area contributed by atoms with Crippen molar-refractivity contribution in [1.29, 1.82) is 0 Å². The molecule has 126 valence electrons. The number of carbonyl (C=O) groups excluding carboxylic acids is 2. The third-order valence-electron chi connectivity index (χ3n) is 3.64. The first kappa shape index (κ1) is 17.6. The summed E-state index contributed by atoms with van der Waals surface area (Å²) >= 11 is 5.81. The highest BCUT2D eigenvalue weighted by atomic mass is 35.5. The third kappa shape index (κ3) is 5.11. The van der Waals surface area contributed by atoms with Crippen LogP contribution in [0.1, 0.15) is 13.8 Å². The second kappa shape index (κ2) is 8.17. The fraction of sp³-hybridized carbons (Fsp3) is 0.500. The number of benzene rings is 1. The van der Waals surface area contributed by atoms with Gasteiger partial charge in [0, 0.05) is 23.8 Å². The largest absolute Gasteiger partial charge is 0.378 e. The topological polar surface area (TPSA) is 70.7 Å². The Labute approximate surface area is 141 Å². The van der Waals surface area contributed by atoms with Gasteiger partial charge in [-0.2, -0.15) is 0 Å². The molecule has 1 heterocycles. The standard InChI is InChI=1S/C16H22ClN3O3/c1-11(2)14(15(21)20-7-9-23-10-8-20)19-16(22)18-13-5-3-12(17)4-6-13/h3-6,11,14H,7-10H2,1-2H3,(H2,18,19,22)/t14-/m1/s1. The first-order valence-electron chi connectivity index (χ1n) is 7.67. The maximum Gasteiger partial charge on any atom is 0.319 e. The number of nitrogens with one attached hydrogen (secondary N) is 2. The van der Waals surface area contributed by atoms with E-state index < -0.39 is 12.1 Å². The summed E-state index contributed by atoms with van der Waals surface area (Å²) in [5.74, 6) is -0.0872. The Morgan fingerprint density at radius 1 is 1.17 bits per heavy atom. The van der Waals surface area contributed by atoms with Crippen LogP contribution in [0.5, 0.6) is 0 Å². The van der Waals surface area contributed by atoms with Gasteiger partial charge in [0.15, 0.2) is 0 Å². The van der Waals surface area contributed by atoms with Crippen LogP contribution in [-0.4, -0.2) is 49.2 Å². The van der Waals surface area contributed by atoms with Crippen molar-refractivity contribution in [3.05, 3.63) is 29.3 Å². The van der Waals surface area contributed by atoms with Gasteiger partial charge in [-0.25, -0.2) is 4.79 Å². The highest BCUT2D eigenvalue weighted by Crippen LogP contribution is 2.14. The second-order valence-electron chi connectivity index (χ2n) is 5.76. The first-order chi connectivity index (χ1) is 11.0. The van der Waals surface area contributed by atoms with E-state index >= 15 is 0 Å². The molecule has 2 N–H and O–H groups in total. The molecule has 0 aromatic heterocycles. The Morgan fingerprint density at radius 2 is 1.78 bits per heavy atom. The van der Waals surface area contributed by atoms with Gasteiger partial charge in [-0.05, 0) is 30.2 Å². The molecule has 23 heavy (non-hydrogen) atoms. The third-order valence-corrected chi connectivity index (χ3v) is 3.90. The number of hydrogen-bond acceptors (Lipinski definition) is 3. The van der Waals surface area contributed by atoms with Crippen molar-refractivity contribution in [2.45, 2.75) is 19.9 Å². The molecule has 3 amide bonds. The van der Waals surface area contributed by atoms with Gasteiger partial charge in [0.05, 0.1) is 13.2 Å². The number of ether oxygens (including phenoxy) is 1. The van der Waals surface area contributed by atoms with Crippen LogP contribution in [0.3, 0.4) is 0 Å². The molecule has 0 bridgehead atoms. The van der Waals surface area contributed by atoms with E-state index in [0.717, 1.165) is 0 Å². The summed E-state index contributed by atoms with van der Waals surface area (Å²) in [6.45, 7) is 6.00. The molecule has 1 aliphatic heterocycles. The van der Waals surface area contributed by atoms with Crippen LogP contribution in [-0.2, 0) is 9.53 Å². The maximum atomic E-state index is 12.6. The number of rotatable bonds is 4. The molecule has 1 aliphatic rings. The average molecular weight is 340 g/mol. The molecule has 7 heteroatoms. The zero-order valence-corrected chi connectivity index (χ0v) is 14.1. The van der Waals surface area contributed by atoms with E-state index in [2.05, 4.69) is 10.6 Å². The zero-order valence-electron chi connectivity index (χ0n) is 13.3. The first-order valence-corrected chi connectivity index (χ1v) is 8.05. The lowest BCUT2D eigenvalue weighted by Crippen LogP contribution is -2.54. The van der Waals surface area contributed by atoms with E-state index in [1.807, 2.05) is 13.8 Å². The molecule has 0 spiro atoms. The number of urea groups is 1. The van der Waals surface area contributed by atoms with Gasteiger partial charge in [-0.15, -0.1) is 0 Å². The van der Waals surface area contributed by atoms with Gasteiger partial charge < -0.3 is 20.3 Å². The van der Waals surface area contributed by atoms with Crippen LogP contribution in [0, 0.1) is 5.92 Å². The molecule has 0 saturated carbocycles. The van der Waals surface area contributed by atoms with E-state index in [9.17, 15) is 9.59 Å². The average Bonchev–Trinajstić information content (AvgIpc) is 2.55. The minimum Gasteiger partial charge on any atom is -0.378 e. The fourth-order valence-corrected chi connectivity index (χ4v) is 2.46. The highest BCUT2D eigenvalue weighted by molar-refractivity contribution is 6.30. The zero-order chi connectivity index (χ0) is 16.8. The van der Waals surface area contributed by atoms with Gasteiger partial charge in [-0.1, -0.05) is 25.4 Å². The second-order valence-corrected chi connectivity index (χ2v) is 6.20. The quantitative estimate of drug-likeness (QED) is 0.884. The van der Waals surface area contributed by atoms with Gasteiger partial charge >= 0.3 is 6.03 Å². The summed E-state index contributed by atoms with van der Waals surface area (Å²) < 4.78 is 5.26. The van der Waals surface area contributed by atoms with E-state index in [-0.39, 0.29) is 11.8 Å². The van der Waals surface area contributed by atoms with Crippen LogP contribution in [0.15, 0.2) is 24.3 Å². The predicted molar refractivity (Wildman–Crippen MR) is 89.6 cm³/mol. The number of hydrogen-bond donors (Lipinski definition) is 2. The summed E-state index contributed by atoms with van der Waals surface area (Å²) in [4.78, 5) is 26.5. The number of halogens is 1. The molecule has 1 aromatic carbocycles. The Morgan fingerprint density at radius 3 is 2.35 bits per heavy atom. The molecular weight excluding hydrogens is 318 g/mol. The summed E-state index contributed by atoms with van der Waals surface area (Å²) in [6, 6.07) is 5.81. The van der Waals surface area contributed by atoms with Crippen molar-refractivity contribution >= 4 is 29.2 Å². The van der Waals surface area contributed by atoms with Gasteiger partial charge in [-0.3, -0.25) is 4.79 Å². The Hall–Kier alpha value is -1.79. The number of morpholine rings is 1. The van der Waals surface area contributed by atoms with Crippen LogP contribution in [0.25, 0.3) is 0 Å². The molecule has 1 saturated heterocycles. The Bertz CT molecular complexity index is 542. The van der Waals surface area contributed by atoms with Crippen molar-refractivity contribution in [1.82, 2.24) is 10.2 Å². The predicted octanol–water partition coefficient (Wildman–Crippen LogP) is 2.34. The minimum atomic E-state index is -0.569. The summed E-state index contributed by atoms with van der Waals surface area (Å²) in [6.07, 6.45) is 0. The monoisotopic (exact) mass is 339 g/mol. The molecule has 1 aromatic rings. The summed E-state index contributed by atoms with van der Waals surface area (Å²) in [7, 11) is 0. The van der Waals surface area contributed by atoms with E-state index in [4.69, 9.17) is 16.3 Å². The van der Waals surface area contributed by atoms with Crippen molar-refractivity contribution in [2.75, 3.05) is 31.6 Å². The Kier molecular flexibility index (Phi) is 6.24. The van der Waals surface area contributed by atoms with Crippen LogP contribution in [0.2, 0.25) is 5.02 Å². The van der Waals surface area contributed by atoms with Gasteiger partial charge in [0.2, 0.25) is 5.91 Å². The molecule has 1 atom stereocenters. The van der Waals surface area contributed by atoms with Crippen molar-refractivity contribution in [2.24, 2.45) is 5.92 Å². The van der Waals surface area contributed by atoms with E-state index in [1.54, 1.807) is 29.2 Å². The van der Waals surface area contributed by atoms with E-state index in [0.29, 0.717) is 37.0 Å².